The van der Waals surface area contributed by atoms with Crippen molar-refractivity contribution in [1.29, 1.82) is 0 Å². The number of fused-ring (bicyclic) bond motifs is 1. The van der Waals surface area contributed by atoms with Crippen LogP contribution in [0.3, 0.4) is 0 Å². The van der Waals surface area contributed by atoms with Crippen molar-refractivity contribution in [2.24, 2.45) is 0 Å². The molecule has 1 saturated heterocycles. The Balaban J connectivity index is 1.69. The number of piperidine rings is 1. The molecule has 0 saturated carbocycles. The van der Waals surface area contributed by atoms with E-state index in [9.17, 15) is 4.79 Å². The Kier molecular flexibility index (Phi) is 4.08. The predicted octanol–water partition coefficient (Wildman–Crippen LogP) is 2.03. The molecular formula is C14H19ClN4O. The van der Waals surface area contributed by atoms with Gasteiger partial charge in [-0.15, -0.1) is 0 Å². The highest BCUT2D eigenvalue weighted by Crippen LogP contribution is 2.11. The highest BCUT2D eigenvalue weighted by molar-refractivity contribution is 6.29. The first-order valence-electron chi connectivity index (χ1n) is 7.20. The van der Waals surface area contributed by atoms with E-state index in [0.29, 0.717) is 17.3 Å². The fourth-order valence-electron chi connectivity index (χ4n) is 2.83. The van der Waals surface area contributed by atoms with Crippen LogP contribution in [-0.4, -0.2) is 38.5 Å². The van der Waals surface area contributed by atoms with Gasteiger partial charge >= 0.3 is 5.69 Å². The monoisotopic (exact) mass is 294 g/mol. The third kappa shape index (κ3) is 2.74. The fraction of sp³-hybridized carbons (Fsp3) is 0.571. The molecule has 20 heavy (non-hydrogen) atoms. The van der Waals surface area contributed by atoms with Crippen LogP contribution in [0.1, 0.15) is 25.7 Å². The van der Waals surface area contributed by atoms with E-state index in [1.54, 1.807) is 23.0 Å². The van der Waals surface area contributed by atoms with Gasteiger partial charge in [-0.25, -0.2) is 9.78 Å². The number of nitrogens with zero attached hydrogens (tertiary/aromatic N) is 4. The minimum atomic E-state index is -0.108. The Morgan fingerprint density at radius 3 is 2.80 bits per heavy atom. The van der Waals surface area contributed by atoms with Crippen LogP contribution in [-0.2, 0) is 6.54 Å². The lowest BCUT2D eigenvalue weighted by atomic mass is 10.1. The zero-order valence-corrected chi connectivity index (χ0v) is 12.2. The van der Waals surface area contributed by atoms with Gasteiger partial charge in [-0.1, -0.05) is 18.0 Å². The van der Waals surface area contributed by atoms with Crippen molar-refractivity contribution >= 4 is 17.2 Å². The van der Waals surface area contributed by atoms with Crippen molar-refractivity contribution in [3.63, 3.8) is 0 Å². The Bertz CT molecular complexity index is 642. The summed E-state index contributed by atoms with van der Waals surface area (Å²) >= 11 is 6.18. The topological polar surface area (TPSA) is 42.5 Å². The van der Waals surface area contributed by atoms with Crippen LogP contribution in [0, 0.1) is 0 Å². The molecule has 3 heterocycles. The molecule has 0 bridgehead atoms. The number of hydrogen-bond acceptors (Lipinski definition) is 3. The van der Waals surface area contributed by atoms with E-state index in [4.69, 9.17) is 11.6 Å². The maximum absolute atomic E-state index is 12.3. The first-order chi connectivity index (χ1) is 9.75. The van der Waals surface area contributed by atoms with Crippen LogP contribution >= 0.6 is 11.6 Å². The second-order valence-electron chi connectivity index (χ2n) is 5.31. The van der Waals surface area contributed by atoms with Gasteiger partial charge in [0.2, 0.25) is 0 Å². The maximum Gasteiger partial charge on any atom is 0.335 e. The van der Waals surface area contributed by atoms with Gasteiger partial charge in [-0.05, 0) is 38.9 Å². The first kappa shape index (κ1) is 13.6. The summed E-state index contributed by atoms with van der Waals surface area (Å²) in [5, 5.41) is 0.465. The van der Waals surface area contributed by atoms with Crippen LogP contribution in [0.15, 0.2) is 23.3 Å². The van der Waals surface area contributed by atoms with Crippen molar-refractivity contribution in [2.45, 2.75) is 32.2 Å². The van der Waals surface area contributed by atoms with Gasteiger partial charge in [-0.2, -0.15) is 0 Å². The molecule has 1 fully saturated rings. The molecule has 2 aromatic heterocycles. The molecule has 0 N–H and O–H groups in total. The quantitative estimate of drug-likeness (QED) is 0.810. The summed E-state index contributed by atoms with van der Waals surface area (Å²) < 4.78 is 3.16. The molecule has 1 aliphatic rings. The van der Waals surface area contributed by atoms with Crippen molar-refractivity contribution in [3.05, 3.63) is 34.1 Å². The van der Waals surface area contributed by atoms with Gasteiger partial charge in [0.05, 0.1) is 0 Å². The molecule has 3 rings (SSSR count). The van der Waals surface area contributed by atoms with Gasteiger partial charge in [0.15, 0.2) is 0 Å². The Hall–Kier alpha value is -1.33. The lowest BCUT2D eigenvalue weighted by Gasteiger charge is -2.26. The third-order valence-corrected chi connectivity index (χ3v) is 4.23. The number of aromatic nitrogens is 3. The van der Waals surface area contributed by atoms with Crippen LogP contribution in [0.5, 0.6) is 0 Å². The van der Waals surface area contributed by atoms with Gasteiger partial charge in [-0.3, -0.25) is 8.97 Å². The second kappa shape index (κ2) is 5.97. The number of likely N-dealkylation sites (tertiary alicyclic amines) is 1. The smallest absolute Gasteiger partial charge is 0.303 e. The predicted molar refractivity (Wildman–Crippen MR) is 79.4 cm³/mol. The Morgan fingerprint density at radius 1 is 1.20 bits per heavy atom. The molecule has 2 aromatic rings. The minimum Gasteiger partial charge on any atom is -0.303 e. The number of halogens is 1. The van der Waals surface area contributed by atoms with Crippen molar-refractivity contribution in [3.8, 4) is 0 Å². The summed E-state index contributed by atoms with van der Waals surface area (Å²) in [6.45, 7) is 4.05. The average Bonchev–Trinajstić information content (AvgIpc) is 2.92. The van der Waals surface area contributed by atoms with E-state index >= 15 is 0 Å². The standard InChI is InChI=1S/C14H19ClN4O/c15-12-11-13-16-5-10-19(13)14(20)18(12)9-4-8-17-6-2-1-3-7-17/h5,10-11H,1-4,6-9H2. The van der Waals surface area contributed by atoms with E-state index in [2.05, 4.69) is 9.88 Å². The normalized spacial score (nSPS) is 16.9. The zero-order valence-electron chi connectivity index (χ0n) is 11.5. The van der Waals surface area contributed by atoms with Crippen molar-refractivity contribution < 1.29 is 0 Å². The molecule has 0 atom stereocenters. The van der Waals surface area contributed by atoms with Crippen LogP contribution in [0.4, 0.5) is 0 Å². The van der Waals surface area contributed by atoms with Crippen molar-refractivity contribution in [2.75, 3.05) is 19.6 Å². The average molecular weight is 295 g/mol. The minimum absolute atomic E-state index is 0.108. The molecule has 0 amide bonds. The van der Waals surface area contributed by atoms with Crippen LogP contribution in [0.25, 0.3) is 5.65 Å². The summed E-state index contributed by atoms with van der Waals surface area (Å²) in [6, 6.07) is 1.74. The van der Waals surface area contributed by atoms with Crippen LogP contribution < -0.4 is 5.69 Å². The first-order valence-corrected chi connectivity index (χ1v) is 7.58. The SMILES string of the molecule is O=c1n(CCCN2CCCCC2)c(Cl)cc2nccn12. The van der Waals surface area contributed by atoms with E-state index in [1.165, 1.54) is 36.8 Å². The molecule has 6 heteroatoms. The number of hydrogen-bond donors (Lipinski definition) is 0. The van der Waals surface area contributed by atoms with Gasteiger partial charge in [0.1, 0.15) is 10.8 Å². The fourth-order valence-corrected chi connectivity index (χ4v) is 3.08. The summed E-state index contributed by atoms with van der Waals surface area (Å²) in [5.41, 5.74) is 0.496. The summed E-state index contributed by atoms with van der Waals surface area (Å²) in [6.07, 6.45) is 8.17. The molecule has 1 aliphatic heterocycles. The highest BCUT2D eigenvalue weighted by Gasteiger charge is 2.11. The molecule has 108 valence electrons. The molecule has 0 radical (unpaired) electrons. The van der Waals surface area contributed by atoms with Gasteiger partial charge in [0.25, 0.3) is 0 Å². The Labute approximate surface area is 122 Å². The second-order valence-corrected chi connectivity index (χ2v) is 5.70. The van der Waals surface area contributed by atoms with E-state index in [-0.39, 0.29) is 5.69 Å². The van der Waals surface area contributed by atoms with Crippen molar-refractivity contribution in [1.82, 2.24) is 18.9 Å². The zero-order chi connectivity index (χ0) is 13.9. The Morgan fingerprint density at radius 2 is 2.00 bits per heavy atom. The summed E-state index contributed by atoms with van der Waals surface area (Å²) in [4.78, 5) is 18.8. The summed E-state index contributed by atoms with van der Waals surface area (Å²) in [5.74, 6) is 0. The highest BCUT2D eigenvalue weighted by atomic mass is 35.5. The summed E-state index contributed by atoms with van der Waals surface area (Å²) in [7, 11) is 0. The third-order valence-electron chi connectivity index (χ3n) is 3.92. The van der Waals surface area contributed by atoms with Gasteiger partial charge < -0.3 is 4.90 Å². The van der Waals surface area contributed by atoms with E-state index in [1.807, 2.05) is 0 Å². The molecule has 5 nitrogen and oxygen atoms in total. The lowest BCUT2D eigenvalue weighted by molar-refractivity contribution is 0.222. The number of rotatable bonds is 4. The molecule has 0 aliphatic carbocycles. The lowest BCUT2D eigenvalue weighted by Crippen LogP contribution is -2.32. The van der Waals surface area contributed by atoms with E-state index < -0.39 is 0 Å². The molecule has 0 aromatic carbocycles. The van der Waals surface area contributed by atoms with E-state index in [0.717, 1.165) is 13.0 Å². The largest absolute Gasteiger partial charge is 0.335 e. The van der Waals surface area contributed by atoms with Gasteiger partial charge in [0, 0.05) is 25.0 Å². The number of imidazole rings is 1. The maximum atomic E-state index is 12.3. The molecular weight excluding hydrogens is 276 g/mol. The van der Waals surface area contributed by atoms with Crippen LogP contribution in [0.2, 0.25) is 5.15 Å². The molecule has 0 unspecified atom stereocenters. The molecule has 0 spiro atoms.